The van der Waals surface area contributed by atoms with Crippen molar-refractivity contribution >= 4 is 17.3 Å². The predicted molar refractivity (Wildman–Crippen MR) is 66.6 cm³/mol. The van der Waals surface area contributed by atoms with Gasteiger partial charge in [-0.15, -0.1) is 0 Å². The predicted octanol–water partition coefficient (Wildman–Crippen LogP) is 3.81. The van der Waals surface area contributed by atoms with Crippen LogP contribution in [0.3, 0.4) is 0 Å². The maximum atomic E-state index is 8.78. The molecular weight excluding hydrogens is 220 g/mol. The van der Waals surface area contributed by atoms with E-state index in [1.807, 2.05) is 12.1 Å². The smallest absolute Gasteiger partial charge is 0.101 e. The highest BCUT2D eigenvalue weighted by Gasteiger charge is 2.29. The van der Waals surface area contributed by atoms with Gasteiger partial charge in [0, 0.05) is 11.7 Å². The van der Waals surface area contributed by atoms with Crippen molar-refractivity contribution in [1.29, 1.82) is 5.26 Å². The molecule has 1 N–H and O–H groups in total. The Morgan fingerprint density at radius 1 is 1.56 bits per heavy atom. The Balaban J connectivity index is 2.09. The van der Waals surface area contributed by atoms with E-state index in [1.54, 1.807) is 6.07 Å². The second-order valence-electron chi connectivity index (χ2n) is 4.30. The van der Waals surface area contributed by atoms with Crippen LogP contribution in [0.25, 0.3) is 0 Å². The summed E-state index contributed by atoms with van der Waals surface area (Å²) >= 11 is 5.99. The number of nitrogens with one attached hydrogen (secondary N) is 1. The number of benzene rings is 1. The van der Waals surface area contributed by atoms with Crippen molar-refractivity contribution in [3.8, 4) is 6.07 Å². The molecule has 84 valence electrons. The van der Waals surface area contributed by atoms with Crippen molar-refractivity contribution in [1.82, 2.24) is 0 Å². The molecule has 3 heteroatoms. The van der Waals surface area contributed by atoms with E-state index in [9.17, 15) is 0 Å². The minimum Gasteiger partial charge on any atom is -0.382 e. The van der Waals surface area contributed by atoms with Crippen molar-refractivity contribution in [3.63, 3.8) is 0 Å². The Morgan fingerprint density at radius 2 is 2.31 bits per heavy atom. The zero-order valence-corrected chi connectivity index (χ0v) is 10.1. The summed E-state index contributed by atoms with van der Waals surface area (Å²) in [6.45, 7) is 2.20. The van der Waals surface area contributed by atoms with Gasteiger partial charge in [0.15, 0.2) is 0 Å². The summed E-state index contributed by atoms with van der Waals surface area (Å²) in [5.41, 5.74) is 1.55. The number of rotatable bonds is 4. The van der Waals surface area contributed by atoms with Crippen molar-refractivity contribution in [2.75, 3.05) is 5.32 Å². The number of anilines is 1. The van der Waals surface area contributed by atoms with Crippen LogP contribution in [-0.4, -0.2) is 6.04 Å². The number of hydrogen-bond donors (Lipinski definition) is 1. The molecule has 0 saturated heterocycles. The van der Waals surface area contributed by atoms with Crippen LogP contribution in [0.4, 0.5) is 5.69 Å². The van der Waals surface area contributed by atoms with E-state index in [0.717, 1.165) is 18.0 Å². The maximum Gasteiger partial charge on any atom is 0.101 e. The molecule has 2 nitrogen and oxygen atoms in total. The SMILES string of the molecule is CCC(Nc1ccc(C#N)c(Cl)c1)C1CC1. The molecule has 1 unspecified atom stereocenters. The van der Waals surface area contributed by atoms with Gasteiger partial charge in [0.1, 0.15) is 6.07 Å². The third-order valence-corrected chi connectivity index (χ3v) is 3.39. The van der Waals surface area contributed by atoms with Gasteiger partial charge in [-0.2, -0.15) is 5.26 Å². The largest absolute Gasteiger partial charge is 0.382 e. The maximum absolute atomic E-state index is 8.78. The fourth-order valence-corrected chi connectivity index (χ4v) is 2.18. The van der Waals surface area contributed by atoms with Crippen LogP contribution in [-0.2, 0) is 0 Å². The first-order valence-corrected chi connectivity index (χ1v) is 6.08. The second kappa shape index (κ2) is 4.76. The fraction of sp³-hybridized carbons (Fsp3) is 0.462. The van der Waals surface area contributed by atoms with E-state index in [4.69, 9.17) is 16.9 Å². The van der Waals surface area contributed by atoms with Gasteiger partial charge in [-0.05, 0) is 43.4 Å². The van der Waals surface area contributed by atoms with Crippen molar-refractivity contribution in [3.05, 3.63) is 28.8 Å². The molecule has 0 amide bonds. The van der Waals surface area contributed by atoms with Gasteiger partial charge in [0.25, 0.3) is 0 Å². The summed E-state index contributed by atoms with van der Waals surface area (Å²) in [7, 11) is 0. The molecule has 1 saturated carbocycles. The standard InChI is InChI=1S/C13H15ClN2/c1-2-13(9-3-4-9)16-11-6-5-10(8-15)12(14)7-11/h5-7,9,13,16H,2-4H2,1H3. The molecule has 0 radical (unpaired) electrons. The Bertz CT molecular complexity index is 418. The molecule has 1 aromatic carbocycles. The zero-order valence-electron chi connectivity index (χ0n) is 9.33. The van der Waals surface area contributed by atoms with Crippen molar-refractivity contribution < 1.29 is 0 Å². The van der Waals surface area contributed by atoms with E-state index in [-0.39, 0.29) is 0 Å². The number of nitrogens with zero attached hydrogens (tertiary/aromatic N) is 1. The van der Waals surface area contributed by atoms with Crippen LogP contribution in [0.1, 0.15) is 31.7 Å². The van der Waals surface area contributed by atoms with Gasteiger partial charge >= 0.3 is 0 Å². The minimum atomic E-state index is 0.526. The van der Waals surface area contributed by atoms with Crippen LogP contribution in [0.2, 0.25) is 5.02 Å². The van der Waals surface area contributed by atoms with Crippen LogP contribution in [0, 0.1) is 17.2 Å². The fourth-order valence-electron chi connectivity index (χ4n) is 1.96. The third-order valence-electron chi connectivity index (χ3n) is 3.07. The molecule has 0 aromatic heterocycles. The first-order chi connectivity index (χ1) is 7.74. The lowest BCUT2D eigenvalue weighted by Crippen LogP contribution is -2.20. The summed E-state index contributed by atoms with van der Waals surface area (Å²) in [4.78, 5) is 0. The van der Waals surface area contributed by atoms with E-state index in [2.05, 4.69) is 18.3 Å². The number of halogens is 1. The topological polar surface area (TPSA) is 35.8 Å². The summed E-state index contributed by atoms with van der Waals surface area (Å²) in [6.07, 6.45) is 3.79. The second-order valence-corrected chi connectivity index (χ2v) is 4.71. The Kier molecular flexibility index (Phi) is 3.36. The average Bonchev–Trinajstić information content (AvgIpc) is 3.10. The van der Waals surface area contributed by atoms with Gasteiger partial charge in [-0.3, -0.25) is 0 Å². The highest BCUT2D eigenvalue weighted by Crippen LogP contribution is 2.36. The van der Waals surface area contributed by atoms with Crippen LogP contribution < -0.4 is 5.32 Å². The summed E-state index contributed by atoms with van der Waals surface area (Å²) in [5.74, 6) is 0.819. The van der Waals surface area contributed by atoms with Gasteiger partial charge in [-0.1, -0.05) is 18.5 Å². The number of nitriles is 1. The van der Waals surface area contributed by atoms with Gasteiger partial charge in [0.05, 0.1) is 10.6 Å². The van der Waals surface area contributed by atoms with Gasteiger partial charge in [-0.25, -0.2) is 0 Å². The van der Waals surface area contributed by atoms with Gasteiger partial charge < -0.3 is 5.32 Å². The summed E-state index contributed by atoms with van der Waals surface area (Å²) < 4.78 is 0. The molecule has 1 aliphatic rings. The molecule has 0 aliphatic heterocycles. The summed E-state index contributed by atoms with van der Waals surface area (Å²) in [5, 5.41) is 12.8. The Hall–Kier alpha value is -1.20. The Morgan fingerprint density at radius 3 is 2.81 bits per heavy atom. The minimum absolute atomic E-state index is 0.526. The molecule has 16 heavy (non-hydrogen) atoms. The van der Waals surface area contributed by atoms with E-state index in [0.29, 0.717) is 16.6 Å². The van der Waals surface area contributed by atoms with Gasteiger partial charge in [0.2, 0.25) is 0 Å². The molecule has 1 atom stereocenters. The first kappa shape index (κ1) is 11.3. The van der Waals surface area contributed by atoms with E-state index in [1.165, 1.54) is 12.8 Å². The molecule has 0 bridgehead atoms. The molecular formula is C13H15ClN2. The lowest BCUT2D eigenvalue weighted by atomic mass is 10.1. The van der Waals surface area contributed by atoms with Crippen molar-refractivity contribution in [2.45, 2.75) is 32.2 Å². The van der Waals surface area contributed by atoms with E-state index < -0.39 is 0 Å². The van der Waals surface area contributed by atoms with Crippen molar-refractivity contribution in [2.24, 2.45) is 5.92 Å². The molecule has 1 fully saturated rings. The first-order valence-electron chi connectivity index (χ1n) is 5.70. The average molecular weight is 235 g/mol. The van der Waals surface area contributed by atoms with E-state index >= 15 is 0 Å². The monoisotopic (exact) mass is 234 g/mol. The normalized spacial score (nSPS) is 16.6. The van der Waals surface area contributed by atoms with Crippen LogP contribution in [0.5, 0.6) is 0 Å². The zero-order chi connectivity index (χ0) is 11.5. The molecule has 0 heterocycles. The molecule has 0 spiro atoms. The quantitative estimate of drug-likeness (QED) is 0.860. The summed E-state index contributed by atoms with van der Waals surface area (Å²) in [6, 6.07) is 8.14. The molecule has 2 rings (SSSR count). The molecule has 1 aliphatic carbocycles. The van der Waals surface area contributed by atoms with Crippen LogP contribution in [0.15, 0.2) is 18.2 Å². The van der Waals surface area contributed by atoms with Crippen LogP contribution >= 0.6 is 11.6 Å². The third kappa shape index (κ3) is 2.48. The molecule has 1 aromatic rings. The lowest BCUT2D eigenvalue weighted by Gasteiger charge is -2.17. The lowest BCUT2D eigenvalue weighted by molar-refractivity contribution is 0.616. The highest BCUT2D eigenvalue weighted by molar-refractivity contribution is 6.32. The Labute approximate surface area is 101 Å². The highest BCUT2D eigenvalue weighted by atomic mass is 35.5. The number of hydrogen-bond acceptors (Lipinski definition) is 2.